The molecule has 0 fully saturated rings. The van der Waals surface area contributed by atoms with Crippen LogP contribution in [0.3, 0.4) is 0 Å². The summed E-state index contributed by atoms with van der Waals surface area (Å²) in [4.78, 5) is 33.3. The normalized spacial score (nSPS) is 11.2. The van der Waals surface area contributed by atoms with E-state index in [-0.39, 0.29) is 83.9 Å². The predicted molar refractivity (Wildman–Crippen MR) is 115 cm³/mol. The van der Waals surface area contributed by atoms with Crippen molar-refractivity contribution in [1.82, 2.24) is 0 Å². The summed E-state index contributed by atoms with van der Waals surface area (Å²) in [5.41, 5.74) is 5.46. The summed E-state index contributed by atoms with van der Waals surface area (Å²) in [6.07, 6.45) is 11.8. The predicted octanol–water partition coefficient (Wildman–Crippen LogP) is -2.05. The van der Waals surface area contributed by atoms with E-state index in [4.69, 9.17) is 21.1 Å². The van der Waals surface area contributed by atoms with E-state index < -0.39 is 30.1 Å². The molecule has 9 nitrogen and oxygen atoms in total. The summed E-state index contributed by atoms with van der Waals surface area (Å²) >= 11 is 0. The van der Waals surface area contributed by atoms with Crippen LogP contribution in [0.4, 0.5) is 0 Å². The Kier molecular flexibility index (Phi) is 31.3. The number of aliphatic hydroxyl groups is 3. The second kappa shape index (κ2) is 27.3. The molecule has 0 aliphatic carbocycles. The zero-order chi connectivity index (χ0) is 23.9. The van der Waals surface area contributed by atoms with Crippen LogP contribution in [0.2, 0.25) is 0 Å². The van der Waals surface area contributed by atoms with E-state index in [1.165, 1.54) is 51.4 Å². The maximum atomic E-state index is 11.5. The fourth-order valence-corrected chi connectivity index (χ4v) is 2.62. The molecule has 5 N–H and O–H groups in total. The molecule has 0 aliphatic rings. The van der Waals surface area contributed by atoms with Crippen molar-refractivity contribution in [3.8, 4) is 0 Å². The van der Waals surface area contributed by atoms with Gasteiger partial charge in [-0.05, 0) is 19.3 Å². The summed E-state index contributed by atoms with van der Waals surface area (Å²) in [5, 5.41) is 34.3. The molecule has 0 bridgehead atoms. The number of carboxylic acid groups (broad SMARTS) is 1. The van der Waals surface area contributed by atoms with E-state index in [9.17, 15) is 19.5 Å². The second-order valence-electron chi connectivity index (χ2n) is 7.61. The number of nitrogens with two attached hydrogens (primary N) is 1. The number of esters is 2. The van der Waals surface area contributed by atoms with Crippen LogP contribution in [0.25, 0.3) is 0 Å². The van der Waals surface area contributed by atoms with Gasteiger partial charge >= 0.3 is 63.3 Å². The minimum absolute atomic E-state index is 0. The Morgan fingerprint density at radius 1 is 0.844 bits per heavy atom. The Balaban J connectivity index is -0.00000105. The molecular formula is C22H42KNO8. The number of carbonyl (C=O) groups is 3. The minimum Gasteiger partial charge on any atom is -0.550 e. The van der Waals surface area contributed by atoms with Crippen molar-refractivity contribution in [2.45, 2.75) is 109 Å². The number of aliphatic carboxylic acids is 1. The minimum atomic E-state index is -1.28. The van der Waals surface area contributed by atoms with E-state index in [2.05, 4.69) is 11.7 Å². The molecule has 32 heavy (non-hydrogen) atoms. The summed E-state index contributed by atoms with van der Waals surface area (Å²) in [5.74, 6) is -2.74. The maximum absolute atomic E-state index is 11.5. The molecule has 10 heteroatoms. The molecular weight excluding hydrogens is 445 g/mol. The first-order valence-corrected chi connectivity index (χ1v) is 11.4. The summed E-state index contributed by atoms with van der Waals surface area (Å²) < 4.78 is 4.62. The molecule has 0 aromatic rings. The topological polar surface area (TPSA) is 170 Å². The third kappa shape index (κ3) is 28.1. The molecule has 0 radical (unpaired) electrons. The molecule has 1 atom stereocenters. The van der Waals surface area contributed by atoms with Gasteiger partial charge in [0.05, 0.1) is 13.2 Å². The van der Waals surface area contributed by atoms with Crippen molar-refractivity contribution in [1.29, 1.82) is 0 Å². The molecule has 184 valence electrons. The smallest absolute Gasteiger partial charge is 0.550 e. The summed E-state index contributed by atoms with van der Waals surface area (Å²) in [6.45, 7) is 1.49. The maximum Gasteiger partial charge on any atom is 1.00 e. The molecule has 1 unspecified atom stereocenters. The van der Waals surface area contributed by atoms with Crippen molar-refractivity contribution >= 4 is 17.9 Å². The van der Waals surface area contributed by atoms with E-state index in [0.29, 0.717) is 6.42 Å². The van der Waals surface area contributed by atoms with Gasteiger partial charge in [0.25, 0.3) is 0 Å². The fraction of sp³-hybridized carbons (Fsp3) is 0.864. The van der Waals surface area contributed by atoms with Crippen molar-refractivity contribution in [3.63, 3.8) is 0 Å². The summed E-state index contributed by atoms with van der Waals surface area (Å²) in [6, 6.07) is -1.10. The molecule has 0 heterocycles. The number of aliphatic hydroxyl groups excluding tert-OH is 3. The third-order valence-corrected chi connectivity index (χ3v) is 4.58. The second-order valence-corrected chi connectivity index (χ2v) is 7.61. The van der Waals surface area contributed by atoms with Crippen LogP contribution in [-0.4, -0.2) is 58.6 Å². The van der Waals surface area contributed by atoms with Crippen molar-refractivity contribution in [2.75, 3.05) is 13.2 Å². The third-order valence-electron chi connectivity index (χ3n) is 4.58. The van der Waals surface area contributed by atoms with Gasteiger partial charge in [-0.3, -0.25) is 4.79 Å². The van der Waals surface area contributed by atoms with Gasteiger partial charge < -0.3 is 35.7 Å². The molecule has 0 aromatic carbocycles. The average molecular weight is 488 g/mol. The Morgan fingerprint density at radius 3 is 1.66 bits per heavy atom. The SMILES string of the molecule is CCCCCCCCCCCCCC(=O)OC(=O)C(N)CCC(=O)[O-].OCC(O)CO.[K+]. The van der Waals surface area contributed by atoms with Crippen LogP contribution in [0.15, 0.2) is 0 Å². The Labute approximate surface area is 234 Å². The Hall–Kier alpha value is 0.0864. The molecule has 0 aromatic heterocycles. The first kappa shape index (κ1) is 36.7. The van der Waals surface area contributed by atoms with Gasteiger partial charge in [0.15, 0.2) is 0 Å². The van der Waals surface area contributed by atoms with Gasteiger partial charge in [0.1, 0.15) is 12.1 Å². The number of carbonyl (C=O) groups excluding carboxylic acids is 3. The van der Waals surface area contributed by atoms with Crippen LogP contribution in [0.5, 0.6) is 0 Å². The Morgan fingerprint density at radius 2 is 1.28 bits per heavy atom. The van der Waals surface area contributed by atoms with Crippen LogP contribution in [0.1, 0.15) is 96.8 Å². The Bertz CT molecular complexity index is 461. The van der Waals surface area contributed by atoms with Crippen LogP contribution >= 0.6 is 0 Å². The van der Waals surface area contributed by atoms with E-state index in [1.807, 2.05) is 0 Å². The fourth-order valence-electron chi connectivity index (χ4n) is 2.62. The van der Waals surface area contributed by atoms with Crippen molar-refractivity contribution < 1.29 is 90.9 Å². The van der Waals surface area contributed by atoms with Gasteiger partial charge in [-0.15, -0.1) is 0 Å². The van der Waals surface area contributed by atoms with Gasteiger partial charge in [0.2, 0.25) is 0 Å². The number of rotatable bonds is 18. The molecule has 0 rings (SSSR count). The van der Waals surface area contributed by atoms with Crippen LogP contribution in [0, 0.1) is 0 Å². The average Bonchev–Trinajstić information content (AvgIpc) is 2.75. The largest absolute Gasteiger partial charge is 1.00 e. The van der Waals surface area contributed by atoms with Crippen LogP contribution in [-0.2, 0) is 19.1 Å². The first-order valence-electron chi connectivity index (χ1n) is 11.4. The van der Waals surface area contributed by atoms with Crippen LogP contribution < -0.4 is 62.2 Å². The number of unbranched alkanes of at least 4 members (excludes halogenated alkanes) is 10. The number of carboxylic acids is 1. The first-order chi connectivity index (χ1) is 14.8. The van der Waals surface area contributed by atoms with Crippen molar-refractivity contribution in [2.24, 2.45) is 5.73 Å². The monoisotopic (exact) mass is 487 g/mol. The molecule has 0 spiro atoms. The number of ether oxygens (including phenoxy) is 1. The van der Waals surface area contributed by atoms with Gasteiger partial charge in [-0.25, -0.2) is 4.79 Å². The zero-order valence-electron chi connectivity index (χ0n) is 19.9. The van der Waals surface area contributed by atoms with Gasteiger partial charge in [0, 0.05) is 12.4 Å². The zero-order valence-corrected chi connectivity index (χ0v) is 23.1. The summed E-state index contributed by atoms with van der Waals surface area (Å²) in [7, 11) is 0. The molecule has 0 saturated carbocycles. The van der Waals surface area contributed by atoms with Gasteiger partial charge in [-0.2, -0.15) is 0 Å². The molecule has 0 amide bonds. The van der Waals surface area contributed by atoms with E-state index >= 15 is 0 Å². The number of hydrogen-bond donors (Lipinski definition) is 4. The molecule has 0 saturated heterocycles. The molecule has 0 aliphatic heterocycles. The van der Waals surface area contributed by atoms with E-state index in [1.54, 1.807) is 0 Å². The van der Waals surface area contributed by atoms with Crippen molar-refractivity contribution in [3.05, 3.63) is 0 Å². The standard InChI is InChI=1S/C19H35NO5.C3H8O3.K/c1-2-3-4-5-6-7-8-9-10-11-12-13-18(23)25-19(24)16(20)14-15-17(21)22;4-1-3(6)2-5;/h16H,2-15,20H2,1H3,(H,21,22);3-6H,1-2H2;/q;;+1/p-1. The van der Waals surface area contributed by atoms with E-state index in [0.717, 1.165) is 12.8 Å². The quantitative estimate of drug-likeness (QED) is 0.0735. The van der Waals surface area contributed by atoms with Gasteiger partial charge in [-0.1, -0.05) is 71.1 Å². The number of hydrogen-bond acceptors (Lipinski definition) is 9.